The number of ketones is 1. The summed E-state index contributed by atoms with van der Waals surface area (Å²) in [6.07, 6.45) is 3.17. The summed E-state index contributed by atoms with van der Waals surface area (Å²) >= 11 is 0. The number of pyridine rings is 1. The van der Waals surface area contributed by atoms with Crippen LogP contribution in [0.2, 0.25) is 0 Å². The van der Waals surface area contributed by atoms with Crippen LogP contribution in [0.4, 0.5) is 17.1 Å². The number of benzene rings is 2. The number of rotatable bonds is 5. The quantitative estimate of drug-likeness (QED) is 0.561. The van der Waals surface area contributed by atoms with Crippen LogP contribution in [0.5, 0.6) is 0 Å². The van der Waals surface area contributed by atoms with Crippen molar-refractivity contribution < 1.29 is 9.59 Å². The lowest BCUT2D eigenvalue weighted by atomic mass is 9.86. The van der Waals surface area contributed by atoms with Gasteiger partial charge in [0.2, 0.25) is 0 Å². The fraction of sp³-hybridized carbons (Fsp3) is 0.208. The molecule has 1 heterocycles. The van der Waals surface area contributed by atoms with Gasteiger partial charge in [-0.2, -0.15) is 0 Å². The largest absolute Gasteiger partial charge is 0.354 e. The number of nitrogens with zero attached hydrogens (tertiary/aromatic N) is 1. The topological polar surface area (TPSA) is 71.1 Å². The molecule has 0 radical (unpaired) electrons. The van der Waals surface area contributed by atoms with E-state index in [2.05, 4.69) is 36.4 Å². The number of amides is 1. The highest BCUT2D eigenvalue weighted by Gasteiger charge is 2.19. The summed E-state index contributed by atoms with van der Waals surface area (Å²) in [5, 5.41) is 6.20. The Kier molecular flexibility index (Phi) is 5.78. The Balaban J connectivity index is 1.81. The molecule has 0 spiro atoms. The zero-order chi connectivity index (χ0) is 21.0. The van der Waals surface area contributed by atoms with Gasteiger partial charge in [0.05, 0.1) is 17.4 Å². The van der Waals surface area contributed by atoms with Crippen molar-refractivity contribution in [2.75, 3.05) is 10.6 Å². The Bertz CT molecular complexity index is 1050. The number of para-hydroxylation sites is 1. The monoisotopic (exact) mass is 387 g/mol. The van der Waals surface area contributed by atoms with E-state index in [1.54, 1.807) is 24.4 Å². The van der Waals surface area contributed by atoms with Gasteiger partial charge in [-0.1, -0.05) is 51.1 Å². The Labute approximate surface area is 171 Å². The lowest BCUT2D eigenvalue weighted by Gasteiger charge is -2.23. The summed E-state index contributed by atoms with van der Waals surface area (Å²) in [6, 6.07) is 16.8. The summed E-state index contributed by atoms with van der Waals surface area (Å²) in [5.41, 5.74) is 4.26. The van der Waals surface area contributed by atoms with Gasteiger partial charge in [-0.15, -0.1) is 0 Å². The van der Waals surface area contributed by atoms with Crippen LogP contribution in [0.3, 0.4) is 0 Å². The summed E-state index contributed by atoms with van der Waals surface area (Å²) in [5.74, 6) is -0.229. The average Bonchev–Trinajstić information content (AvgIpc) is 2.68. The number of carbonyl (C=O) groups is 2. The van der Waals surface area contributed by atoms with Gasteiger partial charge in [0.25, 0.3) is 5.91 Å². The van der Waals surface area contributed by atoms with Crippen molar-refractivity contribution in [3.63, 3.8) is 0 Å². The predicted molar refractivity (Wildman–Crippen MR) is 117 cm³/mol. The minimum atomic E-state index is -0.227. The van der Waals surface area contributed by atoms with E-state index >= 15 is 0 Å². The van der Waals surface area contributed by atoms with Crippen LogP contribution in [-0.4, -0.2) is 16.7 Å². The third kappa shape index (κ3) is 5.08. The molecule has 0 aliphatic carbocycles. The lowest BCUT2D eigenvalue weighted by molar-refractivity contribution is 0.101. The summed E-state index contributed by atoms with van der Waals surface area (Å²) in [6.45, 7) is 7.86. The Morgan fingerprint density at radius 1 is 0.862 bits per heavy atom. The second-order valence-corrected chi connectivity index (χ2v) is 7.97. The molecule has 0 fully saturated rings. The van der Waals surface area contributed by atoms with E-state index in [1.165, 1.54) is 13.1 Å². The molecule has 3 aromatic rings. The Morgan fingerprint density at radius 3 is 2.31 bits per heavy atom. The number of anilines is 3. The predicted octanol–water partition coefficient (Wildman–Crippen LogP) is 5.58. The van der Waals surface area contributed by atoms with Gasteiger partial charge >= 0.3 is 0 Å². The molecule has 0 saturated heterocycles. The molecule has 0 aliphatic rings. The molecule has 29 heavy (non-hydrogen) atoms. The molecule has 0 atom stereocenters. The third-order valence-electron chi connectivity index (χ3n) is 4.54. The molecule has 5 heteroatoms. The lowest BCUT2D eigenvalue weighted by Crippen LogP contribution is -2.18. The molecule has 1 amide bonds. The van der Waals surface area contributed by atoms with Crippen molar-refractivity contribution >= 4 is 28.8 Å². The van der Waals surface area contributed by atoms with Gasteiger partial charge in [-0.05, 0) is 42.2 Å². The first kappa shape index (κ1) is 20.3. The van der Waals surface area contributed by atoms with Gasteiger partial charge in [-0.25, -0.2) is 0 Å². The molecular formula is C24H25N3O2. The second-order valence-electron chi connectivity index (χ2n) is 7.97. The molecule has 2 N–H and O–H groups in total. The van der Waals surface area contributed by atoms with Crippen LogP contribution in [-0.2, 0) is 5.41 Å². The highest BCUT2D eigenvalue weighted by molar-refractivity contribution is 6.05. The van der Waals surface area contributed by atoms with E-state index in [0.29, 0.717) is 16.8 Å². The highest BCUT2D eigenvalue weighted by Crippen LogP contribution is 2.29. The van der Waals surface area contributed by atoms with Crippen molar-refractivity contribution in [2.45, 2.75) is 33.1 Å². The maximum atomic E-state index is 12.8. The van der Waals surface area contributed by atoms with Crippen molar-refractivity contribution in [1.82, 2.24) is 4.98 Å². The van der Waals surface area contributed by atoms with E-state index in [0.717, 1.165) is 16.9 Å². The molecule has 0 aliphatic heterocycles. The highest BCUT2D eigenvalue weighted by atomic mass is 16.1. The normalized spacial score (nSPS) is 11.0. The van der Waals surface area contributed by atoms with E-state index in [4.69, 9.17) is 0 Å². The number of carbonyl (C=O) groups excluding carboxylic acids is 2. The zero-order valence-electron chi connectivity index (χ0n) is 17.1. The molecule has 148 valence electrons. The van der Waals surface area contributed by atoms with Crippen molar-refractivity contribution in [3.8, 4) is 0 Å². The van der Waals surface area contributed by atoms with Crippen LogP contribution in [0.25, 0.3) is 0 Å². The van der Waals surface area contributed by atoms with Crippen LogP contribution in [0.1, 0.15) is 54.0 Å². The summed E-state index contributed by atoms with van der Waals surface area (Å²) < 4.78 is 0. The zero-order valence-corrected chi connectivity index (χ0v) is 17.1. The van der Waals surface area contributed by atoms with E-state index in [1.807, 2.05) is 36.4 Å². The van der Waals surface area contributed by atoms with E-state index < -0.39 is 0 Å². The fourth-order valence-corrected chi connectivity index (χ4v) is 3.06. The first-order valence-corrected chi connectivity index (χ1v) is 9.48. The van der Waals surface area contributed by atoms with Gasteiger partial charge < -0.3 is 10.6 Å². The van der Waals surface area contributed by atoms with Crippen LogP contribution in [0.15, 0.2) is 67.0 Å². The molecule has 5 nitrogen and oxygen atoms in total. The summed E-state index contributed by atoms with van der Waals surface area (Å²) in [4.78, 5) is 28.6. The molecule has 0 saturated carbocycles. The first-order valence-electron chi connectivity index (χ1n) is 9.48. The summed E-state index contributed by atoms with van der Waals surface area (Å²) in [7, 11) is 0. The Hall–Kier alpha value is -3.47. The molecule has 2 aromatic carbocycles. The number of nitrogens with one attached hydrogen (secondary N) is 2. The van der Waals surface area contributed by atoms with Crippen molar-refractivity contribution in [3.05, 3.63) is 83.7 Å². The fourth-order valence-electron chi connectivity index (χ4n) is 3.06. The van der Waals surface area contributed by atoms with Crippen LogP contribution in [0, 0.1) is 0 Å². The molecule has 0 bridgehead atoms. The Morgan fingerprint density at radius 2 is 1.59 bits per heavy atom. The molecular weight excluding hydrogens is 362 g/mol. The SMILES string of the molecule is CC(=O)c1cccc(Nc2cncc(C(=O)Nc3ccccc3C(C)(C)C)c2)c1. The number of Topliss-reactive ketones (excluding diaryl/α,β-unsaturated/α-hetero) is 1. The maximum absolute atomic E-state index is 12.8. The van der Waals surface area contributed by atoms with Gasteiger partial charge in [-0.3, -0.25) is 14.6 Å². The van der Waals surface area contributed by atoms with Gasteiger partial charge in [0, 0.05) is 23.1 Å². The van der Waals surface area contributed by atoms with Crippen molar-refractivity contribution in [1.29, 1.82) is 0 Å². The maximum Gasteiger partial charge on any atom is 0.257 e. The second kappa shape index (κ2) is 8.27. The number of aromatic nitrogens is 1. The third-order valence-corrected chi connectivity index (χ3v) is 4.54. The molecule has 1 aromatic heterocycles. The van der Waals surface area contributed by atoms with Gasteiger partial charge in [0.1, 0.15) is 0 Å². The molecule has 0 unspecified atom stereocenters. The van der Waals surface area contributed by atoms with Crippen molar-refractivity contribution in [2.24, 2.45) is 0 Å². The molecule has 3 rings (SSSR count). The number of hydrogen-bond acceptors (Lipinski definition) is 4. The standard InChI is InChI=1S/C24H25N3O2/c1-16(28)17-8-7-9-19(12-17)26-20-13-18(14-25-15-20)23(29)27-22-11-6-5-10-21(22)24(2,3)4/h5-15,26H,1-4H3,(H,27,29). The van der Waals surface area contributed by atoms with Crippen LogP contribution >= 0.6 is 0 Å². The van der Waals surface area contributed by atoms with E-state index in [-0.39, 0.29) is 17.1 Å². The average molecular weight is 387 g/mol. The first-order chi connectivity index (χ1) is 13.7. The van der Waals surface area contributed by atoms with E-state index in [9.17, 15) is 9.59 Å². The van der Waals surface area contributed by atoms with Gasteiger partial charge in [0.15, 0.2) is 5.78 Å². The minimum absolute atomic E-state index is 0.00239. The smallest absolute Gasteiger partial charge is 0.257 e. The number of hydrogen-bond donors (Lipinski definition) is 2. The minimum Gasteiger partial charge on any atom is -0.354 e. The van der Waals surface area contributed by atoms with Crippen LogP contribution < -0.4 is 10.6 Å².